The Morgan fingerprint density at radius 2 is 2.00 bits per heavy atom. The first-order valence-electron chi connectivity index (χ1n) is 6.72. The number of ether oxygens (including phenoxy) is 2. The Kier molecular flexibility index (Phi) is 3.38. The number of carbonyl (C=O) groups excluding carboxylic acids is 1. The normalized spacial score (nSPS) is 15.2. The summed E-state index contributed by atoms with van der Waals surface area (Å²) >= 11 is 6.14. The van der Waals surface area contributed by atoms with Gasteiger partial charge in [0.25, 0.3) is 0 Å². The van der Waals surface area contributed by atoms with E-state index in [2.05, 4.69) is 0 Å². The number of hydrogen-bond acceptors (Lipinski definition) is 3. The molecule has 0 fully saturated rings. The summed E-state index contributed by atoms with van der Waals surface area (Å²) in [5.41, 5.74) is 1.25. The molecule has 0 aromatic heterocycles. The monoisotopic (exact) mass is 302 g/mol. The fourth-order valence-electron chi connectivity index (χ4n) is 2.50. The number of benzene rings is 2. The molecular formula is C17H15ClO3. The lowest BCUT2D eigenvalue weighted by atomic mass is 10.0. The van der Waals surface area contributed by atoms with Crippen LogP contribution in [-0.2, 0) is 6.42 Å². The van der Waals surface area contributed by atoms with Crippen molar-refractivity contribution in [2.45, 2.75) is 25.9 Å². The van der Waals surface area contributed by atoms with E-state index in [1.165, 1.54) is 0 Å². The van der Waals surface area contributed by atoms with Gasteiger partial charge in [0.15, 0.2) is 23.5 Å². The van der Waals surface area contributed by atoms with Crippen molar-refractivity contribution in [3.63, 3.8) is 0 Å². The molecule has 0 saturated carbocycles. The summed E-state index contributed by atoms with van der Waals surface area (Å²) in [6.45, 7) is 4.06. The van der Waals surface area contributed by atoms with Gasteiger partial charge in [-0.2, -0.15) is 0 Å². The largest absolute Gasteiger partial charge is 0.483 e. The van der Waals surface area contributed by atoms with Gasteiger partial charge in [-0.05, 0) is 32.0 Å². The molecule has 3 rings (SSSR count). The number of rotatable bonds is 3. The van der Waals surface area contributed by atoms with E-state index < -0.39 is 0 Å². The van der Waals surface area contributed by atoms with E-state index in [1.807, 2.05) is 32.0 Å². The first-order valence-corrected chi connectivity index (χ1v) is 7.10. The summed E-state index contributed by atoms with van der Waals surface area (Å²) in [4.78, 5) is 11.1. The summed E-state index contributed by atoms with van der Waals surface area (Å²) in [5.74, 6) is 1.66. The predicted octanol–water partition coefficient (Wildman–Crippen LogP) is 4.66. The van der Waals surface area contributed by atoms with Crippen molar-refractivity contribution in [3.8, 4) is 17.2 Å². The summed E-state index contributed by atoms with van der Waals surface area (Å²) in [5, 5.41) is 0.398. The fraction of sp³-hybridized carbons (Fsp3) is 0.235. The summed E-state index contributed by atoms with van der Waals surface area (Å²) in [6, 6.07) is 10.8. The van der Waals surface area contributed by atoms with Crippen LogP contribution in [0.4, 0.5) is 0 Å². The van der Waals surface area contributed by atoms with Crippen LogP contribution in [0.3, 0.4) is 0 Å². The lowest BCUT2D eigenvalue weighted by Gasteiger charge is -2.18. The zero-order chi connectivity index (χ0) is 15.0. The van der Waals surface area contributed by atoms with Crippen LogP contribution in [0.25, 0.3) is 0 Å². The van der Waals surface area contributed by atoms with Crippen molar-refractivity contribution < 1.29 is 14.3 Å². The van der Waals surface area contributed by atoms with Gasteiger partial charge >= 0.3 is 0 Å². The SMILES string of the molecule is CC1(C)Cc2cccc(Oc3c(Cl)cccc3C=O)c2O1. The summed E-state index contributed by atoms with van der Waals surface area (Å²) in [6.07, 6.45) is 1.55. The third-order valence-electron chi connectivity index (χ3n) is 3.39. The van der Waals surface area contributed by atoms with Crippen molar-refractivity contribution in [1.29, 1.82) is 0 Å². The van der Waals surface area contributed by atoms with Crippen LogP contribution in [0.2, 0.25) is 5.02 Å². The van der Waals surface area contributed by atoms with E-state index in [0.29, 0.717) is 22.1 Å². The lowest BCUT2D eigenvalue weighted by molar-refractivity contribution is 0.112. The Balaban J connectivity index is 2.02. The van der Waals surface area contributed by atoms with Crippen LogP contribution < -0.4 is 9.47 Å². The van der Waals surface area contributed by atoms with E-state index >= 15 is 0 Å². The molecule has 2 aromatic rings. The highest BCUT2D eigenvalue weighted by atomic mass is 35.5. The molecule has 2 aromatic carbocycles. The van der Waals surface area contributed by atoms with Gasteiger partial charge in [-0.15, -0.1) is 0 Å². The Hall–Kier alpha value is -2.00. The molecule has 108 valence electrons. The molecule has 1 heterocycles. The first kappa shape index (κ1) is 14.0. The van der Waals surface area contributed by atoms with Gasteiger partial charge in [-0.25, -0.2) is 0 Å². The van der Waals surface area contributed by atoms with E-state index in [0.717, 1.165) is 24.0 Å². The maximum absolute atomic E-state index is 11.1. The molecule has 1 aliphatic rings. The second kappa shape index (κ2) is 5.08. The Bertz CT molecular complexity index is 707. The van der Waals surface area contributed by atoms with E-state index in [1.54, 1.807) is 18.2 Å². The molecule has 0 N–H and O–H groups in total. The number of halogens is 1. The highest BCUT2D eigenvalue weighted by molar-refractivity contribution is 6.32. The van der Waals surface area contributed by atoms with Crippen molar-refractivity contribution in [3.05, 3.63) is 52.5 Å². The number of para-hydroxylation sites is 2. The molecular weight excluding hydrogens is 288 g/mol. The molecule has 0 bridgehead atoms. The Morgan fingerprint density at radius 3 is 2.76 bits per heavy atom. The average molecular weight is 303 g/mol. The Labute approximate surface area is 128 Å². The number of aldehydes is 1. The molecule has 0 radical (unpaired) electrons. The van der Waals surface area contributed by atoms with Crippen LogP contribution in [-0.4, -0.2) is 11.9 Å². The summed E-state index contributed by atoms with van der Waals surface area (Å²) in [7, 11) is 0. The topological polar surface area (TPSA) is 35.5 Å². The number of carbonyl (C=O) groups is 1. The third-order valence-corrected chi connectivity index (χ3v) is 3.69. The molecule has 1 aliphatic heterocycles. The maximum Gasteiger partial charge on any atom is 0.169 e. The molecule has 4 heteroatoms. The quantitative estimate of drug-likeness (QED) is 0.774. The van der Waals surface area contributed by atoms with Gasteiger partial charge in [0.2, 0.25) is 0 Å². The van der Waals surface area contributed by atoms with Crippen molar-refractivity contribution >= 4 is 17.9 Å². The minimum absolute atomic E-state index is 0.254. The molecule has 0 saturated heterocycles. The van der Waals surface area contributed by atoms with E-state index in [-0.39, 0.29) is 5.60 Å². The maximum atomic E-state index is 11.1. The fourth-order valence-corrected chi connectivity index (χ4v) is 2.72. The molecule has 0 aliphatic carbocycles. The molecule has 0 amide bonds. The van der Waals surface area contributed by atoms with Gasteiger partial charge < -0.3 is 9.47 Å². The predicted molar refractivity (Wildman–Crippen MR) is 81.8 cm³/mol. The molecule has 3 nitrogen and oxygen atoms in total. The van der Waals surface area contributed by atoms with Gasteiger partial charge in [0.1, 0.15) is 5.60 Å². The molecule has 21 heavy (non-hydrogen) atoms. The minimum atomic E-state index is -0.254. The van der Waals surface area contributed by atoms with Gasteiger partial charge in [-0.3, -0.25) is 4.79 Å². The zero-order valence-electron chi connectivity index (χ0n) is 11.9. The minimum Gasteiger partial charge on any atom is -0.483 e. The average Bonchev–Trinajstić information content (AvgIpc) is 2.76. The molecule has 0 atom stereocenters. The van der Waals surface area contributed by atoms with Crippen molar-refractivity contribution in [2.75, 3.05) is 0 Å². The van der Waals surface area contributed by atoms with Crippen LogP contribution in [0.1, 0.15) is 29.8 Å². The number of fused-ring (bicyclic) bond motifs is 1. The van der Waals surface area contributed by atoms with Crippen molar-refractivity contribution in [1.82, 2.24) is 0 Å². The smallest absolute Gasteiger partial charge is 0.169 e. The lowest BCUT2D eigenvalue weighted by Crippen LogP contribution is -2.24. The molecule has 0 unspecified atom stereocenters. The number of hydrogen-bond donors (Lipinski definition) is 0. The van der Waals surface area contributed by atoms with Gasteiger partial charge in [0.05, 0.1) is 10.6 Å². The van der Waals surface area contributed by atoms with E-state index in [9.17, 15) is 4.79 Å². The van der Waals surface area contributed by atoms with Crippen LogP contribution in [0.15, 0.2) is 36.4 Å². The second-order valence-electron chi connectivity index (χ2n) is 5.66. The van der Waals surface area contributed by atoms with Crippen LogP contribution in [0.5, 0.6) is 17.2 Å². The van der Waals surface area contributed by atoms with Crippen molar-refractivity contribution in [2.24, 2.45) is 0 Å². The van der Waals surface area contributed by atoms with Gasteiger partial charge in [0, 0.05) is 12.0 Å². The third kappa shape index (κ3) is 2.61. The van der Waals surface area contributed by atoms with Crippen LogP contribution in [0, 0.1) is 0 Å². The highest BCUT2D eigenvalue weighted by Gasteiger charge is 2.32. The molecule has 0 spiro atoms. The standard InChI is InChI=1S/C17H15ClO3/c1-17(2)9-11-5-4-8-14(16(11)21-17)20-15-12(10-19)6-3-7-13(15)18/h3-8,10H,9H2,1-2H3. The van der Waals surface area contributed by atoms with Crippen LogP contribution >= 0.6 is 11.6 Å². The zero-order valence-corrected chi connectivity index (χ0v) is 12.6. The second-order valence-corrected chi connectivity index (χ2v) is 6.07. The highest BCUT2D eigenvalue weighted by Crippen LogP contribution is 2.44. The Morgan fingerprint density at radius 1 is 1.24 bits per heavy atom. The van der Waals surface area contributed by atoms with E-state index in [4.69, 9.17) is 21.1 Å². The first-order chi connectivity index (χ1) is 10.00. The summed E-state index contributed by atoms with van der Waals surface area (Å²) < 4.78 is 11.8. The van der Waals surface area contributed by atoms with Gasteiger partial charge in [-0.1, -0.05) is 29.8 Å².